The maximum absolute atomic E-state index is 12.3. The van der Waals surface area contributed by atoms with Gasteiger partial charge in [-0.25, -0.2) is 9.59 Å². The van der Waals surface area contributed by atoms with Gasteiger partial charge in [0, 0.05) is 11.0 Å². The third kappa shape index (κ3) is 9.37. The zero-order valence-corrected chi connectivity index (χ0v) is 22.8. The smallest absolute Gasteiger partial charge is 0.335 e. The normalized spacial score (nSPS) is 20.7. The lowest BCUT2D eigenvalue weighted by Gasteiger charge is -2.40. The Bertz CT molecular complexity index is 820. The number of hydrogen-bond donors (Lipinski definition) is 3. The molecule has 1 heterocycles. The molecule has 2 unspecified atom stereocenters. The molecule has 1 saturated heterocycles. The van der Waals surface area contributed by atoms with Gasteiger partial charge in [0.2, 0.25) is 0 Å². The first-order valence-electron chi connectivity index (χ1n) is 12.5. The number of carbonyl (C=O) groups is 3. The third-order valence-electron chi connectivity index (χ3n) is 6.98. The van der Waals surface area contributed by atoms with Crippen LogP contribution in [0, 0.1) is 16.7 Å². The van der Waals surface area contributed by atoms with Crippen LogP contribution in [0.2, 0.25) is 0 Å². The van der Waals surface area contributed by atoms with Gasteiger partial charge in [-0.2, -0.15) is 0 Å². The number of aliphatic carboxylic acids is 1. The summed E-state index contributed by atoms with van der Waals surface area (Å²) in [6, 6.07) is 5.20. The maximum Gasteiger partial charge on any atom is 0.335 e. The highest BCUT2D eigenvalue weighted by molar-refractivity contribution is 8.77. The second kappa shape index (κ2) is 13.6. The fourth-order valence-corrected chi connectivity index (χ4v) is 8.20. The highest BCUT2D eigenvalue weighted by atomic mass is 33.1. The Labute approximate surface area is 217 Å². The van der Waals surface area contributed by atoms with Gasteiger partial charge < -0.3 is 15.3 Å². The van der Waals surface area contributed by atoms with Gasteiger partial charge in [0.1, 0.15) is 0 Å². The minimum Gasteiger partial charge on any atom is -0.481 e. The predicted molar refractivity (Wildman–Crippen MR) is 143 cm³/mol. The topological polar surface area (TPSA) is 112 Å². The molecule has 2 atom stereocenters. The molecule has 1 saturated carbocycles. The standard InChI is InChI=1S/C19H34O2S2.C8H6O4/c1-18(2,3)14-15(8-9-16-10-13-22-23-16)19(17(20)21)11-6-4-5-7-12-19;9-7(10)5-2-1-3-6(4-5)8(11)12/h15-16H,4-14H2,1-3H3,(H,20,21);1-4H,(H,9,10)(H,11,12). The summed E-state index contributed by atoms with van der Waals surface area (Å²) >= 11 is 0. The first-order valence-corrected chi connectivity index (χ1v) is 14.9. The number of aromatic carboxylic acids is 2. The summed E-state index contributed by atoms with van der Waals surface area (Å²) in [7, 11) is 4.02. The van der Waals surface area contributed by atoms with Crippen LogP contribution in [-0.2, 0) is 4.79 Å². The van der Waals surface area contributed by atoms with Gasteiger partial charge in [-0.15, -0.1) is 0 Å². The first kappa shape index (κ1) is 29.6. The molecule has 3 rings (SSSR count). The fourth-order valence-electron chi connectivity index (χ4n) is 5.21. The number of carboxylic acid groups (broad SMARTS) is 3. The van der Waals surface area contributed by atoms with Crippen LogP contribution >= 0.6 is 21.6 Å². The van der Waals surface area contributed by atoms with Gasteiger partial charge in [-0.05, 0) is 68.1 Å². The van der Waals surface area contributed by atoms with E-state index in [1.165, 1.54) is 49.6 Å². The van der Waals surface area contributed by atoms with Gasteiger partial charge in [0.15, 0.2) is 0 Å². The second-order valence-electron chi connectivity index (χ2n) is 10.9. The number of benzene rings is 1. The van der Waals surface area contributed by atoms with E-state index in [0.29, 0.717) is 5.92 Å². The summed E-state index contributed by atoms with van der Waals surface area (Å²) in [6.07, 6.45) is 11.1. The minimum absolute atomic E-state index is 0.0186. The van der Waals surface area contributed by atoms with Gasteiger partial charge >= 0.3 is 17.9 Å². The molecule has 196 valence electrons. The summed E-state index contributed by atoms with van der Waals surface area (Å²) in [5, 5.41) is 27.9. The fraction of sp³-hybridized carbons (Fsp3) is 0.667. The number of rotatable bonds is 8. The monoisotopic (exact) mass is 524 g/mol. The van der Waals surface area contributed by atoms with E-state index in [1.54, 1.807) is 0 Å². The molecule has 0 bridgehead atoms. The van der Waals surface area contributed by atoms with Crippen molar-refractivity contribution in [2.45, 2.75) is 90.2 Å². The molecule has 0 aromatic heterocycles. The van der Waals surface area contributed by atoms with Gasteiger partial charge in [0.25, 0.3) is 0 Å². The zero-order valence-electron chi connectivity index (χ0n) is 21.1. The van der Waals surface area contributed by atoms with E-state index in [4.69, 9.17) is 10.2 Å². The molecule has 3 N–H and O–H groups in total. The van der Waals surface area contributed by atoms with Crippen molar-refractivity contribution in [1.82, 2.24) is 0 Å². The van der Waals surface area contributed by atoms with E-state index in [9.17, 15) is 19.5 Å². The number of carboxylic acids is 3. The van der Waals surface area contributed by atoms with Crippen molar-refractivity contribution < 1.29 is 29.7 Å². The Hall–Kier alpha value is -1.67. The molecular weight excluding hydrogens is 484 g/mol. The quantitative estimate of drug-likeness (QED) is 0.237. The molecule has 35 heavy (non-hydrogen) atoms. The van der Waals surface area contributed by atoms with Crippen molar-refractivity contribution in [3.63, 3.8) is 0 Å². The van der Waals surface area contributed by atoms with Crippen LogP contribution in [0.15, 0.2) is 24.3 Å². The Kier molecular flexibility index (Phi) is 11.5. The Morgan fingerprint density at radius 1 is 1.00 bits per heavy atom. The maximum atomic E-state index is 12.3. The van der Waals surface area contributed by atoms with Gasteiger partial charge in [-0.1, -0.05) is 74.1 Å². The molecule has 2 fully saturated rings. The summed E-state index contributed by atoms with van der Waals surface area (Å²) in [5.41, 5.74) is -0.290. The average Bonchev–Trinajstić information content (AvgIpc) is 3.18. The van der Waals surface area contributed by atoms with Crippen LogP contribution in [0.3, 0.4) is 0 Å². The van der Waals surface area contributed by atoms with Crippen LogP contribution in [0.5, 0.6) is 0 Å². The molecule has 8 heteroatoms. The average molecular weight is 525 g/mol. The Morgan fingerprint density at radius 3 is 2.00 bits per heavy atom. The molecule has 1 aliphatic carbocycles. The van der Waals surface area contributed by atoms with Crippen LogP contribution in [0.25, 0.3) is 0 Å². The molecule has 1 aromatic carbocycles. The summed E-state index contributed by atoms with van der Waals surface area (Å²) < 4.78 is 0. The molecule has 2 aliphatic rings. The molecule has 0 spiro atoms. The van der Waals surface area contributed by atoms with Crippen LogP contribution in [0.4, 0.5) is 0 Å². The van der Waals surface area contributed by atoms with Crippen LogP contribution in [0.1, 0.15) is 106 Å². The summed E-state index contributed by atoms with van der Waals surface area (Å²) in [4.78, 5) is 33.1. The Balaban J connectivity index is 0.000000303. The highest BCUT2D eigenvalue weighted by Gasteiger charge is 2.46. The van der Waals surface area contributed by atoms with Crippen molar-refractivity contribution in [3.8, 4) is 0 Å². The van der Waals surface area contributed by atoms with Crippen molar-refractivity contribution in [1.29, 1.82) is 0 Å². The van der Waals surface area contributed by atoms with Crippen LogP contribution in [-0.4, -0.2) is 44.2 Å². The zero-order chi connectivity index (χ0) is 26.1. The van der Waals surface area contributed by atoms with Gasteiger partial charge in [0.05, 0.1) is 16.5 Å². The van der Waals surface area contributed by atoms with E-state index in [1.807, 2.05) is 21.6 Å². The molecule has 0 radical (unpaired) electrons. The summed E-state index contributed by atoms with van der Waals surface area (Å²) in [6.45, 7) is 6.81. The van der Waals surface area contributed by atoms with Gasteiger partial charge in [-0.3, -0.25) is 4.79 Å². The highest BCUT2D eigenvalue weighted by Crippen LogP contribution is 2.49. The lowest BCUT2D eigenvalue weighted by Crippen LogP contribution is -2.40. The largest absolute Gasteiger partial charge is 0.481 e. The van der Waals surface area contributed by atoms with E-state index in [2.05, 4.69) is 20.8 Å². The van der Waals surface area contributed by atoms with Crippen molar-refractivity contribution >= 4 is 39.5 Å². The lowest BCUT2D eigenvalue weighted by molar-refractivity contribution is -0.155. The first-order chi connectivity index (χ1) is 16.4. The Morgan fingerprint density at radius 2 is 1.57 bits per heavy atom. The molecule has 6 nitrogen and oxygen atoms in total. The second-order valence-corrected chi connectivity index (χ2v) is 13.7. The van der Waals surface area contributed by atoms with E-state index >= 15 is 0 Å². The third-order valence-corrected chi connectivity index (χ3v) is 9.99. The minimum atomic E-state index is -1.13. The molecule has 1 aliphatic heterocycles. The molecule has 1 aromatic rings. The van der Waals surface area contributed by atoms with Crippen molar-refractivity contribution in [2.24, 2.45) is 16.7 Å². The van der Waals surface area contributed by atoms with Crippen LogP contribution < -0.4 is 0 Å². The van der Waals surface area contributed by atoms with E-state index in [0.717, 1.165) is 49.8 Å². The SMILES string of the molecule is CC(C)(C)CC(CCC1CCSS1)C1(C(=O)O)CCCCCC1.O=C(O)c1cccc(C(=O)O)c1. The van der Waals surface area contributed by atoms with E-state index < -0.39 is 23.3 Å². The predicted octanol–water partition coefficient (Wildman–Crippen LogP) is 7.48. The summed E-state index contributed by atoms with van der Waals surface area (Å²) in [5.74, 6) is -1.16. The van der Waals surface area contributed by atoms with Crippen molar-refractivity contribution in [2.75, 3.05) is 5.75 Å². The molecule has 0 amide bonds. The van der Waals surface area contributed by atoms with Crippen molar-refractivity contribution in [3.05, 3.63) is 35.4 Å². The number of hydrogen-bond acceptors (Lipinski definition) is 5. The molecular formula is C27H40O6S2. The lowest BCUT2D eigenvalue weighted by atomic mass is 9.63. The van der Waals surface area contributed by atoms with E-state index in [-0.39, 0.29) is 16.5 Å².